The zero-order valence-electron chi connectivity index (χ0n) is 12.2. The maximum Gasteiger partial charge on any atom is 0.436 e. The van der Waals surface area contributed by atoms with Gasteiger partial charge in [-0.3, -0.25) is 9.48 Å². The van der Waals surface area contributed by atoms with E-state index in [1.807, 2.05) is 5.32 Å². The van der Waals surface area contributed by atoms with Gasteiger partial charge < -0.3 is 10.1 Å². The Labute approximate surface area is 141 Å². The van der Waals surface area contributed by atoms with Crippen LogP contribution in [0.4, 0.5) is 32.0 Å². The minimum absolute atomic E-state index is 0.391. The lowest BCUT2D eigenvalue weighted by molar-refractivity contribution is -0.141. The fourth-order valence-corrected chi connectivity index (χ4v) is 2.25. The number of nitrogens with zero attached hydrogens (tertiary/aromatic N) is 2. The highest BCUT2D eigenvalue weighted by Gasteiger charge is 2.39. The number of alkyl halides is 5. The number of halogens is 7. The van der Waals surface area contributed by atoms with Crippen LogP contribution in [0.3, 0.4) is 0 Å². The molecule has 0 bridgehead atoms. The third-order valence-electron chi connectivity index (χ3n) is 2.88. The van der Waals surface area contributed by atoms with Gasteiger partial charge in [-0.05, 0) is 12.1 Å². The molecule has 1 amide bonds. The first-order valence-electron chi connectivity index (χ1n) is 6.36. The van der Waals surface area contributed by atoms with Crippen molar-refractivity contribution in [3.63, 3.8) is 0 Å². The molecule has 0 aliphatic rings. The monoisotopic (exact) mass is 387 g/mol. The average Bonchev–Trinajstić information content (AvgIpc) is 2.76. The third kappa shape index (κ3) is 4.16. The lowest BCUT2D eigenvalue weighted by Crippen LogP contribution is -2.17. The number of nitrogens with one attached hydrogen (secondary N) is 1. The molecule has 0 fully saturated rings. The van der Waals surface area contributed by atoms with Crippen LogP contribution < -0.4 is 10.1 Å². The summed E-state index contributed by atoms with van der Waals surface area (Å²) in [7, 11) is 1.04. The summed E-state index contributed by atoms with van der Waals surface area (Å²) >= 11 is 5.55. The van der Waals surface area contributed by atoms with Crippen LogP contribution in [0, 0.1) is 5.82 Å². The minimum Gasteiger partial charge on any atom is -0.432 e. The van der Waals surface area contributed by atoms with Gasteiger partial charge in [0.2, 0.25) is 0 Å². The Morgan fingerprint density at radius 2 is 2.00 bits per heavy atom. The van der Waals surface area contributed by atoms with Crippen molar-refractivity contribution in [3.8, 4) is 5.75 Å². The van der Waals surface area contributed by atoms with Crippen molar-refractivity contribution in [1.29, 1.82) is 0 Å². The molecule has 0 saturated heterocycles. The maximum atomic E-state index is 13.1. The van der Waals surface area contributed by atoms with Crippen LogP contribution in [0.5, 0.6) is 5.75 Å². The Morgan fingerprint density at radius 3 is 2.52 bits per heavy atom. The molecule has 2 aromatic rings. The highest BCUT2D eigenvalue weighted by molar-refractivity contribution is 6.34. The van der Waals surface area contributed by atoms with Crippen LogP contribution in [-0.2, 0) is 13.2 Å². The smallest absolute Gasteiger partial charge is 0.432 e. The maximum absolute atomic E-state index is 13.1. The van der Waals surface area contributed by atoms with Gasteiger partial charge in [-0.1, -0.05) is 11.6 Å². The van der Waals surface area contributed by atoms with Gasteiger partial charge in [0.05, 0.1) is 5.69 Å². The first kappa shape index (κ1) is 18.9. The molecule has 0 unspecified atom stereocenters. The molecule has 1 N–H and O–H groups in total. The van der Waals surface area contributed by atoms with Gasteiger partial charge in [-0.2, -0.15) is 27.1 Å². The molecule has 0 atom stereocenters. The van der Waals surface area contributed by atoms with Crippen LogP contribution in [0.1, 0.15) is 16.2 Å². The van der Waals surface area contributed by atoms with E-state index in [1.54, 1.807) is 0 Å². The lowest BCUT2D eigenvalue weighted by atomic mass is 10.2. The van der Waals surface area contributed by atoms with E-state index in [0.29, 0.717) is 10.7 Å². The van der Waals surface area contributed by atoms with Gasteiger partial charge >= 0.3 is 12.8 Å². The van der Waals surface area contributed by atoms with E-state index in [1.165, 1.54) is 0 Å². The summed E-state index contributed by atoms with van der Waals surface area (Å²) < 4.78 is 80.7. The number of aryl methyl sites for hydroxylation is 1. The van der Waals surface area contributed by atoms with Crippen molar-refractivity contribution in [1.82, 2.24) is 9.78 Å². The number of ether oxygens (including phenoxy) is 1. The quantitative estimate of drug-likeness (QED) is 0.804. The van der Waals surface area contributed by atoms with Crippen molar-refractivity contribution in [2.45, 2.75) is 12.8 Å². The fourth-order valence-electron chi connectivity index (χ4n) is 1.90. The van der Waals surface area contributed by atoms with Crippen LogP contribution in [0.15, 0.2) is 18.2 Å². The van der Waals surface area contributed by atoms with Crippen LogP contribution in [-0.4, -0.2) is 22.3 Å². The standard InChI is InChI=1S/C13H8ClF6N3O2/c1-23-9(8(14)10(22-23)13(18,19)20)11(24)21-6-3-2-5(15)4-7(6)25-12(16)17/h2-4,12H,1H3,(H,21,24). The Bertz CT molecular complexity index is 806. The number of amides is 1. The number of aromatic nitrogens is 2. The molecule has 0 aliphatic heterocycles. The first-order valence-corrected chi connectivity index (χ1v) is 6.74. The Hall–Kier alpha value is -2.43. The molecular weight excluding hydrogens is 380 g/mol. The van der Waals surface area contributed by atoms with E-state index < -0.39 is 52.4 Å². The van der Waals surface area contributed by atoms with E-state index in [2.05, 4.69) is 9.84 Å². The lowest BCUT2D eigenvalue weighted by Gasteiger charge is -2.12. The van der Waals surface area contributed by atoms with Crippen molar-refractivity contribution < 1.29 is 35.9 Å². The van der Waals surface area contributed by atoms with Gasteiger partial charge in [0.1, 0.15) is 16.5 Å². The van der Waals surface area contributed by atoms with E-state index >= 15 is 0 Å². The summed E-state index contributed by atoms with van der Waals surface area (Å²) in [6.07, 6.45) is -4.90. The fraction of sp³-hybridized carbons (Fsp3) is 0.231. The average molecular weight is 388 g/mol. The molecule has 1 heterocycles. The zero-order valence-corrected chi connectivity index (χ0v) is 12.9. The van der Waals surface area contributed by atoms with Crippen LogP contribution in [0.25, 0.3) is 0 Å². The topological polar surface area (TPSA) is 56.2 Å². The first-order chi connectivity index (χ1) is 11.5. The summed E-state index contributed by atoms with van der Waals surface area (Å²) in [5.74, 6) is -2.81. The number of carbonyl (C=O) groups excluding carboxylic acids is 1. The van der Waals surface area contributed by atoms with Crippen LogP contribution >= 0.6 is 11.6 Å². The largest absolute Gasteiger partial charge is 0.436 e. The number of hydrogen-bond donors (Lipinski definition) is 1. The number of benzene rings is 1. The molecule has 136 valence electrons. The van der Waals surface area contributed by atoms with Gasteiger partial charge in [0.25, 0.3) is 5.91 Å². The molecule has 1 aromatic carbocycles. The molecular formula is C13H8ClF6N3O2. The molecule has 25 heavy (non-hydrogen) atoms. The van der Waals surface area contributed by atoms with Gasteiger partial charge in [-0.15, -0.1) is 0 Å². The zero-order chi connectivity index (χ0) is 18.9. The van der Waals surface area contributed by atoms with E-state index in [0.717, 1.165) is 19.2 Å². The summed E-state index contributed by atoms with van der Waals surface area (Å²) in [5.41, 5.74) is -2.54. The molecule has 1 aromatic heterocycles. The predicted octanol–water partition coefficient (Wildman–Crippen LogP) is 4.09. The Balaban J connectivity index is 2.37. The van der Waals surface area contributed by atoms with Crippen LogP contribution in [0.2, 0.25) is 5.02 Å². The molecule has 5 nitrogen and oxygen atoms in total. The summed E-state index contributed by atoms with van der Waals surface area (Å²) in [4.78, 5) is 12.2. The molecule has 0 aliphatic carbocycles. The number of anilines is 1. The minimum atomic E-state index is -4.90. The number of carbonyl (C=O) groups is 1. The van der Waals surface area contributed by atoms with Crippen molar-refractivity contribution in [3.05, 3.63) is 40.4 Å². The predicted molar refractivity (Wildman–Crippen MR) is 74.2 cm³/mol. The SMILES string of the molecule is Cn1nc(C(F)(F)F)c(Cl)c1C(=O)Nc1ccc(F)cc1OC(F)F. The van der Waals surface area contributed by atoms with E-state index in [-0.39, 0.29) is 0 Å². The van der Waals surface area contributed by atoms with Gasteiger partial charge in [0, 0.05) is 13.1 Å². The molecule has 2 rings (SSSR count). The molecule has 12 heteroatoms. The number of hydrogen-bond acceptors (Lipinski definition) is 3. The Kier molecular flexibility index (Phi) is 5.16. The molecule has 0 radical (unpaired) electrons. The molecule has 0 saturated carbocycles. The summed E-state index contributed by atoms with van der Waals surface area (Å²) in [5, 5.41) is 4.18. The summed E-state index contributed by atoms with van der Waals surface area (Å²) in [6, 6.07) is 2.31. The van der Waals surface area contributed by atoms with E-state index in [9.17, 15) is 31.1 Å². The second-order valence-electron chi connectivity index (χ2n) is 4.61. The van der Waals surface area contributed by atoms with E-state index in [4.69, 9.17) is 11.6 Å². The highest BCUT2D eigenvalue weighted by Crippen LogP contribution is 2.36. The normalized spacial score (nSPS) is 11.7. The second-order valence-corrected chi connectivity index (χ2v) is 4.98. The third-order valence-corrected chi connectivity index (χ3v) is 3.24. The highest BCUT2D eigenvalue weighted by atomic mass is 35.5. The molecule has 0 spiro atoms. The van der Waals surface area contributed by atoms with Crippen molar-refractivity contribution in [2.75, 3.05) is 5.32 Å². The second kappa shape index (κ2) is 6.82. The number of rotatable bonds is 4. The van der Waals surface area contributed by atoms with Crippen molar-refractivity contribution >= 4 is 23.2 Å². The Morgan fingerprint density at radius 1 is 1.36 bits per heavy atom. The van der Waals surface area contributed by atoms with Crippen molar-refractivity contribution in [2.24, 2.45) is 7.05 Å². The van der Waals surface area contributed by atoms with Gasteiger partial charge in [0.15, 0.2) is 11.4 Å². The van der Waals surface area contributed by atoms with Gasteiger partial charge in [-0.25, -0.2) is 4.39 Å². The summed E-state index contributed by atoms with van der Waals surface area (Å²) in [6.45, 7) is -3.31.